The Kier molecular flexibility index (Phi) is 6.72. The van der Waals surface area contributed by atoms with E-state index in [0.29, 0.717) is 0 Å². The number of halogens is 2. The van der Waals surface area contributed by atoms with Crippen molar-refractivity contribution in [2.75, 3.05) is 0 Å². The van der Waals surface area contributed by atoms with Gasteiger partial charge in [-0.2, -0.15) is 0 Å². The molecule has 0 saturated carbocycles. The van der Waals surface area contributed by atoms with Crippen LogP contribution < -0.4 is 0 Å². The van der Waals surface area contributed by atoms with E-state index in [9.17, 15) is 0 Å². The van der Waals surface area contributed by atoms with Gasteiger partial charge >= 0.3 is 139 Å². The predicted octanol–water partition coefficient (Wildman–Crippen LogP) is 6.93. The van der Waals surface area contributed by atoms with E-state index in [1.54, 1.807) is 11.1 Å². The summed E-state index contributed by atoms with van der Waals surface area (Å²) in [4.78, 5) is 0. The van der Waals surface area contributed by atoms with E-state index < -0.39 is 17.4 Å². The van der Waals surface area contributed by atoms with Crippen LogP contribution in [0.5, 0.6) is 0 Å². The fraction of sp³-hybridized carbons (Fsp3) is 0.600. The van der Waals surface area contributed by atoms with Gasteiger partial charge in [-0.15, -0.1) is 34.0 Å². The van der Waals surface area contributed by atoms with Gasteiger partial charge in [0, 0.05) is 0 Å². The van der Waals surface area contributed by atoms with E-state index in [1.807, 2.05) is 11.1 Å². The third kappa shape index (κ3) is 3.43. The van der Waals surface area contributed by atoms with Crippen LogP contribution in [0.2, 0.25) is 16.5 Å². The van der Waals surface area contributed by atoms with E-state index in [2.05, 4.69) is 40.4 Å². The van der Waals surface area contributed by atoms with Crippen molar-refractivity contribution in [2.24, 2.45) is 0 Å². The van der Waals surface area contributed by atoms with E-state index in [1.165, 1.54) is 51.4 Å². The van der Waals surface area contributed by atoms with Crippen LogP contribution in [0.3, 0.4) is 0 Å². The molecule has 2 atom stereocenters. The summed E-state index contributed by atoms with van der Waals surface area (Å²) in [5.41, 5.74) is 7.20. The van der Waals surface area contributed by atoms with Crippen LogP contribution in [0.1, 0.15) is 51.4 Å². The van der Waals surface area contributed by atoms with Crippen LogP contribution >= 0.6 is 34.0 Å². The molecule has 4 aliphatic carbocycles. The zero-order valence-electron chi connectivity index (χ0n) is 15.1. The van der Waals surface area contributed by atoms with E-state index >= 15 is 0 Å². The Hall–Kier alpha value is 1.02. The SMILES string of the molecule is Br.Br.[CH3][Zr]([CH3])(=[SiH2])([CH]1C=CC2=C1CCCC2)[CH]1C=CC2=C1CCCC2. The standard InChI is InChI=1S/2C9H11.2CH3.2BrH.H2Si.Zr/c2*1-2-5-9-7-3-6-8(9)4-1;;;;;;/h2*3,6-7H,1-2,4-5H2;2*1H3;2*1H;1H2;. The van der Waals surface area contributed by atoms with Gasteiger partial charge in [-0.1, -0.05) is 0 Å². The van der Waals surface area contributed by atoms with Gasteiger partial charge in [-0.3, -0.25) is 0 Å². The number of rotatable bonds is 2. The maximum atomic E-state index is 2.76. The van der Waals surface area contributed by atoms with Gasteiger partial charge in [0.15, 0.2) is 0 Å². The average Bonchev–Trinajstić information content (AvgIpc) is 3.12. The van der Waals surface area contributed by atoms with Gasteiger partial charge in [0.25, 0.3) is 0 Å². The first-order valence-corrected chi connectivity index (χ1v) is 23.0. The number of allylic oxidation sites excluding steroid dienone is 8. The number of hydrogen-bond acceptors (Lipinski definition) is 0. The molecule has 2 unspecified atom stereocenters. The van der Waals surface area contributed by atoms with E-state index in [0.717, 1.165) is 7.25 Å². The van der Waals surface area contributed by atoms with Crippen molar-refractivity contribution in [2.45, 2.75) is 67.9 Å². The Bertz CT molecular complexity index is 651. The molecular formula is C20H32Br2SiZr. The normalized spacial score (nSPS) is 29.1. The Balaban J connectivity index is 0.00000104. The monoisotopic (exact) mass is 548 g/mol. The molecule has 0 aliphatic heterocycles. The van der Waals surface area contributed by atoms with Crippen LogP contribution in [0.4, 0.5) is 0 Å². The summed E-state index contributed by atoms with van der Waals surface area (Å²) in [6.45, 7) is 2.49. The summed E-state index contributed by atoms with van der Waals surface area (Å²) >= 11 is -2.85. The molecule has 0 bridgehead atoms. The fourth-order valence-electron chi connectivity index (χ4n) is 5.62. The molecule has 24 heavy (non-hydrogen) atoms. The molecule has 0 fully saturated rings. The summed E-state index contributed by atoms with van der Waals surface area (Å²) in [5, 5.41) is 0. The van der Waals surface area contributed by atoms with Crippen molar-refractivity contribution in [3.8, 4) is 0 Å². The molecule has 4 heteroatoms. The maximum absolute atomic E-state index is 2.85. The first-order valence-electron chi connectivity index (χ1n) is 9.33. The molecule has 0 aromatic heterocycles. The molecule has 0 aromatic rings. The average molecular weight is 552 g/mol. The van der Waals surface area contributed by atoms with Crippen molar-refractivity contribution in [3.05, 3.63) is 46.6 Å². The Morgan fingerprint density at radius 1 is 0.750 bits per heavy atom. The van der Waals surface area contributed by atoms with Gasteiger partial charge in [0.1, 0.15) is 0 Å². The molecule has 0 heterocycles. The second kappa shape index (κ2) is 7.56. The summed E-state index contributed by atoms with van der Waals surface area (Å²) in [6, 6.07) is 0. The minimum absolute atomic E-state index is 0. The van der Waals surface area contributed by atoms with Crippen LogP contribution in [-0.2, 0) is 17.4 Å². The molecule has 0 N–H and O–H groups in total. The van der Waals surface area contributed by atoms with Crippen LogP contribution in [0.25, 0.3) is 0 Å². The van der Waals surface area contributed by atoms with E-state index in [4.69, 9.17) is 0 Å². The molecular weight excluding hydrogens is 519 g/mol. The third-order valence-electron chi connectivity index (χ3n) is 6.88. The molecule has 4 rings (SSSR count). The third-order valence-corrected chi connectivity index (χ3v) is 24.8. The molecule has 0 amide bonds. The molecule has 4 aliphatic rings. The summed E-state index contributed by atoms with van der Waals surface area (Å²) in [5.74, 6) is 0. The van der Waals surface area contributed by atoms with Crippen LogP contribution in [-0.4, -0.2) is 6.88 Å². The van der Waals surface area contributed by atoms with Gasteiger partial charge in [0.2, 0.25) is 0 Å². The summed E-state index contributed by atoms with van der Waals surface area (Å²) in [6.07, 6.45) is 21.5. The zero-order valence-corrected chi connectivity index (χ0v) is 22.4. The topological polar surface area (TPSA) is 0 Å². The quantitative estimate of drug-likeness (QED) is 0.327. The Morgan fingerprint density at radius 2 is 1.12 bits per heavy atom. The second-order valence-electron chi connectivity index (χ2n) is 9.13. The first-order chi connectivity index (χ1) is 10.5. The first kappa shape index (κ1) is 21.3. The van der Waals surface area contributed by atoms with Crippen LogP contribution in [0, 0.1) is 0 Å². The molecule has 134 valence electrons. The van der Waals surface area contributed by atoms with Crippen molar-refractivity contribution in [1.29, 1.82) is 0 Å². The Labute approximate surface area is 171 Å². The van der Waals surface area contributed by atoms with Crippen molar-refractivity contribution in [1.82, 2.24) is 0 Å². The fourth-order valence-corrected chi connectivity index (χ4v) is 21.9. The minimum atomic E-state index is -2.85. The molecule has 0 radical (unpaired) electrons. The Morgan fingerprint density at radius 3 is 1.54 bits per heavy atom. The summed E-state index contributed by atoms with van der Waals surface area (Å²) < 4.78 is 7.22. The van der Waals surface area contributed by atoms with E-state index in [-0.39, 0.29) is 34.0 Å². The van der Waals surface area contributed by atoms with Gasteiger partial charge < -0.3 is 0 Å². The van der Waals surface area contributed by atoms with Crippen LogP contribution in [0.15, 0.2) is 46.6 Å². The van der Waals surface area contributed by atoms with Gasteiger partial charge in [-0.05, 0) is 0 Å². The van der Waals surface area contributed by atoms with Gasteiger partial charge in [-0.25, -0.2) is 0 Å². The molecule has 0 aromatic carbocycles. The number of hydrogen-bond donors (Lipinski definition) is 0. The zero-order chi connectivity index (χ0) is 15.4. The molecule has 0 nitrogen and oxygen atoms in total. The molecule has 0 spiro atoms. The van der Waals surface area contributed by atoms with Crippen molar-refractivity contribution < 1.29 is 17.4 Å². The predicted molar refractivity (Wildman–Crippen MR) is 118 cm³/mol. The van der Waals surface area contributed by atoms with Gasteiger partial charge in [0.05, 0.1) is 0 Å². The summed E-state index contributed by atoms with van der Waals surface area (Å²) in [7, 11) is 0. The van der Waals surface area contributed by atoms with Crippen molar-refractivity contribution in [3.63, 3.8) is 0 Å². The molecule has 0 saturated heterocycles. The van der Waals surface area contributed by atoms with Crippen molar-refractivity contribution >= 4 is 40.8 Å². The second-order valence-corrected chi connectivity index (χ2v) is 39.8.